The molecule has 5 nitrogen and oxygen atoms in total. The summed E-state index contributed by atoms with van der Waals surface area (Å²) >= 11 is 13.2. The molecule has 3 rings (SSSR count). The van der Waals surface area contributed by atoms with Gasteiger partial charge in [-0.05, 0) is 23.8 Å². The Morgan fingerprint density at radius 3 is 2.52 bits per heavy atom. The lowest BCUT2D eigenvalue weighted by atomic mass is 10.0. The van der Waals surface area contributed by atoms with Crippen LogP contribution in [0.1, 0.15) is 11.6 Å². The molecule has 1 aliphatic heterocycles. The van der Waals surface area contributed by atoms with Crippen LogP contribution in [0.3, 0.4) is 0 Å². The van der Waals surface area contributed by atoms with Crippen molar-refractivity contribution >= 4 is 44.6 Å². The van der Waals surface area contributed by atoms with Crippen molar-refractivity contribution in [3.63, 3.8) is 0 Å². The number of hydrogen-bond acceptors (Lipinski definition) is 5. The van der Waals surface area contributed by atoms with Gasteiger partial charge in [-0.3, -0.25) is 4.90 Å². The zero-order chi connectivity index (χ0) is 17.9. The number of halogens is 2. The summed E-state index contributed by atoms with van der Waals surface area (Å²) in [7, 11) is -3.61. The fraction of sp³-hybridized carbons (Fsp3) is 0.375. The number of morpholine rings is 1. The predicted octanol–water partition coefficient (Wildman–Crippen LogP) is 3.41. The van der Waals surface area contributed by atoms with Crippen LogP contribution in [-0.4, -0.2) is 46.2 Å². The molecule has 136 valence electrons. The fourth-order valence-electron chi connectivity index (χ4n) is 2.77. The van der Waals surface area contributed by atoms with Gasteiger partial charge >= 0.3 is 0 Å². The Balaban J connectivity index is 1.81. The zero-order valence-corrected chi connectivity index (χ0v) is 16.5. The third-order valence-corrected chi connectivity index (χ3v) is 7.52. The monoisotopic (exact) mass is 420 g/mol. The van der Waals surface area contributed by atoms with Gasteiger partial charge in [-0.25, -0.2) is 13.1 Å². The van der Waals surface area contributed by atoms with Crippen molar-refractivity contribution in [3.05, 3.63) is 51.3 Å². The SMILES string of the molecule is O=S(=O)(NCC(c1ccccc1Cl)N1CCOCC1)c1ccc(Cl)s1. The number of ether oxygens (including phenoxy) is 1. The minimum Gasteiger partial charge on any atom is -0.379 e. The Kier molecular flexibility index (Phi) is 6.38. The summed E-state index contributed by atoms with van der Waals surface area (Å²) in [5.74, 6) is 0. The number of nitrogens with one attached hydrogen (secondary N) is 1. The Hall–Kier alpha value is -0.670. The lowest BCUT2D eigenvalue weighted by molar-refractivity contribution is 0.0172. The Labute approximate surface area is 161 Å². The highest BCUT2D eigenvalue weighted by atomic mass is 35.5. The van der Waals surface area contributed by atoms with Crippen molar-refractivity contribution in [2.45, 2.75) is 10.3 Å². The van der Waals surface area contributed by atoms with Gasteiger partial charge in [0.05, 0.1) is 17.6 Å². The van der Waals surface area contributed by atoms with Crippen LogP contribution in [0.5, 0.6) is 0 Å². The molecule has 0 spiro atoms. The normalized spacial score (nSPS) is 17.5. The second-order valence-corrected chi connectivity index (χ2v) is 9.71. The maximum absolute atomic E-state index is 12.5. The molecule has 0 amide bonds. The van der Waals surface area contributed by atoms with Gasteiger partial charge in [-0.1, -0.05) is 41.4 Å². The zero-order valence-electron chi connectivity index (χ0n) is 13.3. The summed E-state index contributed by atoms with van der Waals surface area (Å²) in [5, 5.41) is 0.623. The topological polar surface area (TPSA) is 58.6 Å². The summed E-state index contributed by atoms with van der Waals surface area (Å²) in [4.78, 5) is 2.19. The number of sulfonamides is 1. The van der Waals surface area contributed by atoms with Crippen molar-refractivity contribution in [2.24, 2.45) is 0 Å². The van der Waals surface area contributed by atoms with Crippen LogP contribution >= 0.6 is 34.5 Å². The quantitative estimate of drug-likeness (QED) is 0.777. The molecular weight excluding hydrogens is 403 g/mol. The molecule has 1 N–H and O–H groups in total. The van der Waals surface area contributed by atoms with Crippen LogP contribution in [0.25, 0.3) is 0 Å². The van der Waals surface area contributed by atoms with Crippen molar-refractivity contribution in [3.8, 4) is 0 Å². The van der Waals surface area contributed by atoms with E-state index in [2.05, 4.69) is 9.62 Å². The maximum atomic E-state index is 12.5. The number of rotatable bonds is 6. The first-order chi connectivity index (χ1) is 12.0. The average Bonchev–Trinajstić information content (AvgIpc) is 3.05. The van der Waals surface area contributed by atoms with Crippen LogP contribution in [0.2, 0.25) is 9.36 Å². The molecule has 2 aromatic rings. The van der Waals surface area contributed by atoms with Gasteiger partial charge in [-0.15, -0.1) is 11.3 Å². The van der Waals surface area contributed by atoms with E-state index < -0.39 is 10.0 Å². The summed E-state index contributed by atoms with van der Waals surface area (Å²) < 4.78 is 33.8. The first-order valence-corrected chi connectivity index (χ1v) is 10.8. The molecule has 1 atom stereocenters. The lowest BCUT2D eigenvalue weighted by Gasteiger charge is -2.35. The minimum atomic E-state index is -3.61. The number of hydrogen-bond donors (Lipinski definition) is 1. The van der Waals surface area contributed by atoms with Gasteiger partial charge in [-0.2, -0.15) is 0 Å². The maximum Gasteiger partial charge on any atom is 0.250 e. The van der Waals surface area contributed by atoms with Crippen LogP contribution in [-0.2, 0) is 14.8 Å². The molecule has 1 fully saturated rings. The van der Waals surface area contributed by atoms with Gasteiger partial charge in [0, 0.05) is 30.7 Å². The van der Waals surface area contributed by atoms with E-state index in [1.165, 1.54) is 6.07 Å². The van der Waals surface area contributed by atoms with E-state index in [1.807, 2.05) is 24.3 Å². The number of nitrogens with zero attached hydrogens (tertiary/aromatic N) is 1. The smallest absolute Gasteiger partial charge is 0.250 e. The van der Waals surface area contributed by atoms with Crippen LogP contribution in [0.4, 0.5) is 0 Å². The van der Waals surface area contributed by atoms with E-state index in [1.54, 1.807) is 6.07 Å². The van der Waals surface area contributed by atoms with E-state index in [-0.39, 0.29) is 16.8 Å². The molecular formula is C16H18Cl2N2O3S2. The minimum absolute atomic E-state index is 0.164. The van der Waals surface area contributed by atoms with Crippen molar-refractivity contribution in [1.29, 1.82) is 0 Å². The molecule has 2 heterocycles. The second-order valence-electron chi connectivity index (χ2n) is 5.60. The molecule has 25 heavy (non-hydrogen) atoms. The third-order valence-electron chi connectivity index (χ3n) is 4.03. The number of benzene rings is 1. The Morgan fingerprint density at radius 1 is 1.16 bits per heavy atom. The molecule has 1 aromatic carbocycles. The van der Waals surface area contributed by atoms with Crippen molar-refractivity contribution in [1.82, 2.24) is 9.62 Å². The van der Waals surface area contributed by atoms with Crippen molar-refractivity contribution in [2.75, 3.05) is 32.8 Å². The highest BCUT2D eigenvalue weighted by Crippen LogP contribution is 2.29. The molecule has 0 radical (unpaired) electrons. The number of thiophene rings is 1. The molecule has 0 saturated carbocycles. The molecule has 9 heteroatoms. The molecule has 1 unspecified atom stereocenters. The predicted molar refractivity (Wildman–Crippen MR) is 101 cm³/mol. The summed E-state index contributed by atoms with van der Waals surface area (Å²) in [5.41, 5.74) is 0.901. The van der Waals surface area contributed by atoms with Gasteiger partial charge in [0.15, 0.2) is 0 Å². The van der Waals surface area contributed by atoms with E-state index in [0.717, 1.165) is 30.0 Å². The first kappa shape index (κ1) is 19.1. The largest absolute Gasteiger partial charge is 0.379 e. The lowest BCUT2D eigenvalue weighted by Crippen LogP contribution is -2.43. The van der Waals surface area contributed by atoms with Gasteiger partial charge in [0.25, 0.3) is 0 Å². The summed E-state index contributed by atoms with van der Waals surface area (Å²) in [6, 6.07) is 10.4. The molecule has 0 aliphatic carbocycles. The highest BCUT2D eigenvalue weighted by Gasteiger charge is 2.27. The van der Waals surface area contributed by atoms with Crippen LogP contribution < -0.4 is 4.72 Å². The van der Waals surface area contributed by atoms with E-state index in [4.69, 9.17) is 27.9 Å². The fourth-order valence-corrected chi connectivity index (χ4v) is 5.60. The van der Waals surface area contributed by atoms with Gasteiger partial charge < -0.3 is 4.74 Å². The molecule has 1 aromatic heterocycles. The standard InChI is InChI=1S/C16H18Cl2N2O3S2/c17-13-4-2-1-3-12(13)14(20-7-9-23-10-8-20)11-19-25(21,22)16-6-5-15(18)24-16/h1-6,14,19H,7-11H2. The Bertz CT molecular complexity index is 820. The second kappa shape index (κ2) is 8.35. The van der Waals surface area contributed by atoms with E-state index >= 15 is 0 Å². The van der Waals surface area contributed by atoms with Crippen LogP contribution in [0.15, 0.2) is 40.6 Å². The van der Waals surface area contributed by atoms with Crippen molar-refractivity contribution < 1.29 is 13.2 Å². The molecule has 1 saturated heterocycles. The average molecular weight is 421 g/mol. The van der Waals surface area contributed by atoms with E-state index in [9.17, 15) is 8.42 Å². The molecule has 1 aliphatic rings. The first-order valence-electron chi connectivity index (χ1n) is 7.78. The Morgan fingerprint density at radius 2 is 1.88 bits per heavy atom. The van der Waals surface area contributed by atoms with E-state index in [0.29, 0.717) is 22.6 Å². The van der Waals surface area contributed by atoms with Gasteiger partial charge in [0.1, 0.15) is 4.21 Å². The summed E-state index contributed by atoms with van der Waals surface area (Å²) in [6.07, 6.45) is 0. The third kappa shape index (κ3) is 4.74. The summed E-state index contributed by atoms with van der Waals surface area (Å²) in [6.45, 7) is 2.91. The highest BCUT2D eigenvalue weighted by molar-refractivity contribution is 7.91. The van der Waals surface area contributed by atoms with Gasteiger partial charge in [0.2, 0.25) is 10.0 Å². The molecule has 0 bridgehead atoms. The van der Waals surface area contributed by atoms with Crippen LogP contribution in [0, 0.1) is 0 Å².